The van der Waals surface area contributed by atoms with Crippen molar-refractivity contribution in [3.8, 4) is 11.8 Å². The van der Waals surface area contributed by atoms with Crippen LogP contribution >= 0.6 is 0 Å². The summed E-state index contributed by atoms with van der Waals surface area (Å²) in [5.41, 5.74) is 2.03. The molecule has 2 aromatic heterocycles. The van der Waals surface area contributed by atoms with Crippen LogP contribution in [0.4, 0.5) is 16.0 Å². The van der Waals surface area contributed by atoms with Crippen LogP contribution in [0.5, 0.6) is 0 Å². The van der Waals surface area contributed by atoms with Crippen LogP contribution in [-0.4, -0.2) is 75.0 Å². The van der Waals surface area contributed by atoms with E-state index in [2.05, 4.69) is 32.7 Å². The fraction of sp³-hybridized carbons (Fsp3) is 0.500. The zero-order chi connectivity index (χ0) is 25.8. The molecule has 0 aromatic carbocycles. The molecule has 0 saturated heterocycles. The highest BCUT2D eigenvalue weighted by molar-refractivity contribution is 5.93. The van der Waals surface area contributed by atoms with Gasteiger partial charge in [-0.3, -0.25) is 19.0 Å². The highest BCUT2D eigenvalue weighted by atomic mass is 19.1. The third-order valence-electron chi connectivity index (χ3n) is 5.29. The van der Waals surface area contributed by atoms with Gasteiger partial charge in [-0.15, -0.1) is 0 Å². The van der Waals surface area contributed by atoms with Gasteiger partial charge in [0.05, 0.1) is 37.6 Å². The van der Waals surface area contributed by atoms with Crippen LogP contribution in [-0.2, 0) is 35.8 Å². The lowest BCUT2D eigenvalue weighted by Gasteiger charge is -2.26. The largest absolute Gasteiger partial charge is 0.372 e. The number of hydrogen-bond acceptors (Lipinski definition) is 6. The first-order valence-corrected chi connectivity index (χ1v) is 11.7. The van der Waals surface area contributed by atoms with Crippen molar-refractivity contribution in [2.24, 2.45) is 0 Å². The van der Waals surface area contributed by atoms with Crippen LogP contribution < -0.4 is 10.6 Å². The number of anilines is 2. The van der Waals surface area contributed by atoms with Crippen molar-refractivity contribution in [2.45, 2.75) is 47.0 Å². The summed E-state index contributed by atoms with van der Waals surface area (Å²) in [5, 5.41) is 14.6. The van der Waals surface area contributed by atoms with Gasteiger partial charge in [0, 0.05) is 45.4 Å². The van der Waals surface area contributed by atoms with Crippen LogP contribution in [0, 0.1) is 11.8 Å². The lowest BCUT2D eigenvalue weighted by molar-refractivity contribution is -0.127. The molecule has 0 unspecified atom stereocenters. The molecule has 4 heterocycles. The number of carbonyl (C=O) groups excluding carboxylic acids is 2. The average Bonchev–Trinajstić information content (AvgIpc) is 3.51. The van der Waals surface area contributed by atoms with Crippen molar-refractivity contribution >= 4 is 23.5 Å². The molecule has 0 fully saturated rings. The van der Waals surface area contributed by atoms with E-state index < -0.39 is 6.67 Å². The fourth-order valence-corrected chi connectivity index (χ4v) is 3.58. The number of aromatic nitrogens is 4. The molecular formula is C24H35FN8O2. The van der Waals surface area contributed by atoms with Crippen LogP contribution in [0.2, 0.25) is 0 Å². The molecule has 4 rings (SSSR count). The van der Waals surface area contributed by atoms with Crippen LogP contribution in [0.1, 0.15) is 32.2 Å². The second-order valence-electron chi connectivity index (χ2n) is 7.41. The molecule has 2 aliphatic rings. The van der Waals surface area contributed by atoms with Gasteiger partial charge < -0.3 is 20.4 Å². The molecule has 190 valence electrons. The maximum Gasteiger partial charge on any atom is 0.298 e. The van der Waals surface area contributed by atoms with Crippen molar-refractivity contribution in [2.75, 3.05) is 44.5 Å². The Morgan fingerprint density at radius 1 is 0.971 bits per heavy atom. The van der Waals surface area contributed by atoms with Gasteiger partial charge in [0.1, 0.15) is 18.3 Å². The molecule has 2 aromatic rings. The van der Waals surface area contributed by atoms with Gasteiger partial charge in [-0.2, -0.15) is 10.2 Å². The number of rotatable bonds is 4. The average molecular weight is 487 g/mol. The maximum absolute atomic E-state index is 11.9. The van der Waals surface area contributed by atoms with E-state index in [4.69, 9.17) is 0 Å². The van der Waals surface area contributed by atoms with Gasteiger partial charge in [0.25, 0.3) is 5.91 Å². The second kappa shape index (κ2) is 13.8. The van der Waals surface area contributed by atoms with Gasteiger partial charge in [-0.1, -0.05) is 19.8 Å². The minimum atomic E-state index is -0.610. The molecular weight excluding hydrogens is 451 g/mol. The minimum absolute atomic E-state index is 0.110. The third-order valence-corrected chi connectivity index (χ3v) is 5.29. The summed E-state index contributed by atoms with van der Waals surface area (Å²) < 4.78 is 15.7. The topological polar surface area (TPSA) is 100 Å². The molecule has 11 heteroatoms. The van der Waals surface area contributed by atoms with Crippen molar-refractivity contribution in [1.82, 2.24) is 29.4 Å². The maximum atomic E-state index is 11.9. The number of allylic oxidation sites excluding steroid dienone is 1. The number of alkyl halides is 1. The minimum Gasteiger partial charge on any atom is -0.372 e. The van der Waals surface area contributed by atoms with E-state index >= 15 is 0 Å². The Bertz CT molecular complexity index is 1080. The Balaban J connectivity index is 0.000000231. The van der Waals surface area contributed by atoms with E-state index in [1.54, 1.807) is 23.8 Å². The lowest BCUT2D eigenvalue weighted by atomic mass is 10.3. The lowest BCUT2D eigenvalue weighted by Crippen LogP contribution is -2.37. The molecule has 0 aliphatic carbocycles. The number of fused-ring (bicyclic) bond motifs is 2. The summed E-state index contributed by atoms with van der Waals surface area (Å²) in [7, 11) is 3.64. The van der Waals surface area contributed by atoms with Crippen molar-refractivity contribution in [3.63, 3.8) is 0 Å². The summed E-state index contributed by atoms with van der Waals surface area (Å²) in [4.78, 5) is 26.7. The first kappa shape index (κ1) is 27.4. The third kappa shape index (κ3) is 7.34. The van der Waals surface area contributed by atoms with E-state index in [0.717, 1.165) is 29.6 Å². The summed E-state index contributed by atoms with van der Waals surface area (Å²) in [6.45, 7) is 8.85. The van der Waals surface area contributed by atoms with Crippen LogP contribution in [0.15, 0.2) is 24.3 Å². The Morgan fingerprint density at radius 3 is 1.97 bits per heavy atom. The summed E-state index contributed by atoms with van der Waals surface area (Å²) >= 11 is 0. The molecule has 0 spiro atoms. The van der Waals surface area contributed by atoms with E-state index in [-0.39, 0.29) is 11.8 Å². The predicted octanol–water partition coefficient (Wildman–Crippen LogP) is 2.11. The van der Waals surface area contributed by atoms with Crippen LogP contribution in [0.3, 0.4) is 0 Å². The highest BCUT2D eigenvalue weighted by Gasteiger charge is 2.21. The Labute approximate surface area is 206 Å². The Morgan fingerprint density at radius 2 is 1.49 bits per heavy atom. The molecule has 0 atom stereocenters. The number of amides is 2. The SMILES string of the molecule is CC.CC#CC(=O)N1CCn2nc(NC)cc2C1.CNc1cc2n(n1)CCN(C(=O)/C=C/CF)C2. The first-order valence-electron chi connectivity index (χ1n) is 11.7. The number of hydrogen-bond donors (Lipinski definition) is 2. The molecule has 35 heavy (non-hydrogen) atoms. The normalized spacial score (nSPS) is 13.8. The van der Waals surface area contributed by atoms with Crippen LogP contribution in [0.25, 0.3) is 0 Å². The Hall–Kier alpha value is -3.81. The van der Waals surface area contributed by atoms with Gasteiger partial charge in [0.2, 0.25) is 5.91 Å². The summed E-state index contributed by atoms with van der Waals surface area (Å²) in [5.74, 6) is 6.56. The van der Waals surface area contributed by atoms with E-state index in [9.17, 15) is 14.0 Å². The quantitative estimate of drug-likeness (QED) is 0.507. The fourth-order valence-electron chi connectivity index (χ4n) is 3.58. The number of halogens is 1. The standard InChI is InChI=1S/C11H15FN4O.C11H14N4O.C2H6/c1-13-10-7-9-8-15(5-6-16(9)14-10)11(17)3-2-4-12;1-3-4-11(16)14-5-6-15-9(8-14)7-10(12-2)13-15;1-2/h2-3,7H,4-6,8H2,1H3,(H,13,14);7H,5-6,8H2,1-2H3,(H,12,13);1-2H3/b3-2+;;. The molecule has 2 amide bonds. The second-order valence-corrected chi connectivity index (χ2v) is 7.41. The van der Waals surface area contributed by atoms with Gasteiger partial charge in [-0.05, 0) is 18.9 Å². The first-order chi connectivity index (χ1) is 17.0. The zero-order valence-electron chi connectivity index (χ0n) is 21.1. The van der Waals surface area contributed by atoms with Gasteiger partial charge in [-0.25, -0.2) is 4.39 Å². The molecule has 0 radical (unpaired) electrons. The van der Waals surface area contributed by atoms with Crippen molar-refractivity contribution in [1.29, 1.82) is 0 Å². The monoisotopic (exact) mass is 486 g/mol. The Kier molecular flexibility index (Phi) is 10.8. The molecule has 0 bridgehead atoms. The van der Waals surface area contributed by atoms with E-state index in [1.807, 2.05) is 42.4 Å². The number of nitrogens with one attached hydrogen (secondary N) is 2. The summed E-state index contributed by atoms with van der Waals surface area (Å²) in [6, 6.07) is 3.87. The van der Waals surface area contributed by atoms with Gasteiger partial charge in [0.15, 0.2) is 0 Å². The molecule has 2 N–H and O–H groups in total. The molecule has 0 saturated carbocycles. The van der Waals surface area contributed by atoms with E-state index in [0.29, 0.717) is 32.7 Å². The number of nitrogens with zero attached hydrogens (tertiary/aromatic N) is 6. The predicted molar refractivity (Wildman–Crippen MR) is 134 cm³/mol. The molecule has 10 nitrogen and oxygen atoms in total. The van der Waals surface area contributed by atoms with Crippen molar-refractivity contribution < 1.29 is 14.0 Å². The van der Waals surface area contributed by atoms with E-state index in [1.165, 1.54) is 12.2 Å². The number of carbonyl (C=O) groups is 2. The summed E-state index contributed by atoms with van der Waals surface area (Å²) in [6.07, 6.45) is 2.51. The zero-order valence-corrected chi connectivity index (χ0v) is 21.1. The smallest absolute Gasteiger partial charge is 0.298 e. The van der Waals surface area contributed by atoms with Gasteiger partial charge >= 0.3 is 0 Å². The molecule has 2 aliphatic heterocycles. The highest BCUT2D eigenvalue weighted by Crippen LogP contribution is 2.17. The van der Waals surface area contributed by atoms with Crippen molar-refractivity contribution in [3.05, 3.63) is 35.7 Å².